The van der Waals surface area contributed by atoms with Crippen LogP contribution in [0.4, 0.5) is 0 Å². The van der Waals surface area contributed by atoms with Crippen molar-refractivity contribution in [3.8, 4) is 0 Å². The zero-order valence-electron chi connectivity index (χ0n) is 11.3. The van der Waals surface area contributed by atoms with E-state index in [9.17, 15) is 4.79 Å². The Morgan fingerprint density at radius 3 is 2.50 bits per heavy atom. The van der Waals surface area contributed by atoms with Crippen LogP contribution in [0, 0.1) is 0 Å². The average molecular weight is 250 g/mol. The summed E-state index contributed by atoms with van der Waals surface area (Å²) in [6.07, 6.45) is 0. The molecule has 4 heteroatoms. The Hall–Kier alpha value is -1.39. The quantitative estimate of drug-likeness (QED) is 0.771. The molecule has 1 aromatic carbocycles. The summed E-state index contributed by atoms with van der Waals surface area (Å²) >= 11 is 0. The van der Waals surface area contributed by atoms with Gasteiger partial charge in [-0.25, -0.2) is 0 Å². The number of hydrogen-bond donors (Lipinski definition) is 2. The second-order valence-corrected chi connectivity index (χ2v) is 4.81. The summed E-state index contributed by atoms with van der Waals surface area (Å²) in [5.41, 5.74) is 1.26. The van der Waals surface area contributed by atoms with E-state index in [2.05, 4.69) is 22.3 Å². The Morgan fingerprint density at radius 1 is 1.33 bits per heavy atom. The molecule has 0 spiro atoms. The maximum absolute atomic E-state index is 10.7. The highest BCUT2D eigenvalue weighted by Crippen LogP contribution is 2.03. The van der Waals surface area contributed by atoms with E-state index in [0.717, 1.165) is 13.1 Å². The molecular weight excluding hydrogens is 228 g/mol. The molecule has 0 aliphatic carbocycles. The number of aliphatic carboxylic acids is 1. The monoisotopic (exact) mass is 250 g/mol. The molecule has 100 valence electrons. The fourth-order valence-corrected chi connectivity index (χ4v) is 1.98. The van der Waals surface area contributed by atoms with Crippen LogP contribution in [0.5, 0.6) is 0 Å². The van der Waals surface area contributed by atoms with E-state index in [1.807, 2.05) is 32.2 Å². The molecule has 0 heterocycles. The van der Waals surface area contributed by atoms with Crippen LogP contribution in [0.3, 0.4) is 0 Å². The summed E-state index contributed by atoms with van der Waals surface area (Å²) in [5.74, 6) is -0.812. The highest BCUT2D eigenvalue weighted by Gasteiger charge is 2.14. The molecule has 0 radical (unpaired) electrons. The molecule has 4 nitrogen and oxygen atoms in total. The molecule has 0 amide bonds. The molecular formula is C14H22N2O2. The van der Waals surface area contributed by atoms with Crippen molar-refractivity contribution < 1.29 is 9.90 Å². The topological polar surface area (TPSA) is 52.6 Å². The van der Waals surface area contributed by atoms with Gasteiger partial charge in [0.15, 0.2) is 0 Å². The lowest BCUT2D eigenvalue weighted by molar-refractivity contribution is -0.139. The van der Waals surface area contributed by atoms with Crippen molar-refractivity contribution in [2.24, 2.45) is 0 Å². The van der Waals surface area contributed by atoms with Crippen LogP contribution in [0.2, 0.25) is 0 Å². The van der Waals surface area contributed by atoms with Crippen molar-refractivity contribution in [2.75, 3.05) is 13.6 Å². The Bertz CT molecular complexity index is 367. The SMILES string of the molecule is CC(N[C@@H](C)CN(C)Cc1ccccc1)C(=O)O. The zero-order valence-corrected chi connectivity index (χ0v) is 11.3. The van der Waals surface area contributed by atoms with Crippen LogP contribution >= 0.6 is 0 Å². The highest BCUT2D eigenvalue weighted by molar-refractivity contribution is 5.72. The second-order valence-electron chi connectivity index (χ2n) is 4.81. The molecule has 0 aromatic heterocycles. The fraction of sp³-hybridized carbons (Fsp3) is 0.500. The third kappa shape index (κ3) is 5.29. The lowest BCUT2D eigenvalue weighted by atomic mass is 10.2. The predicted molar refractivity (Wildman–Crippen MR) is 72.5 cm³/mol. The third-order valence-corrected chi connectivity index (χ3v) is 2.79. The zero-order chi connectivity index (χ0) is 13.5. The van der Waals surface area contributed by atoms with E-state index < -0.39 is 12.0 Å². The number of nitrogens with zero attached hydrogens (tertiary/aromatic N) is 1. The van der Waals surface area contributed by atoms with Crippen molar-refractivity contribution >= 4 is 5.97 Å². The largest absolute Gasteiger partial charge is 0.480 e. The first kappa shape index (κ1) is 14.7. The van der Waals surface area contributed by atoms with E-state index in [1.54, 1.807) is 6.92 Å². The minimum atomic E-state index is -0.812. The smallest absolute Gasteiger partial charge is 0.320 e. The van der Waals surface area contributed by atoms with Crippen molar-refractivity contribution in [3.63, 3.8) is 0 Å². The highest BCUT2D eigenvalue weighted by atomic mass is 16.4. The summed E-state index contributed by atoms with van der Waals surface area (Å²) < 4.78 is 0. The number of benzene rings is 1. The van der Waals surface area contributed by atoms with E-state index >= 15 is 0 Å². The molecule has 18 heavy (non-hydrogen) atoms. The van der Waals surface area contributed by atoms with Gasteiger partial charge in [-0.05, 0) is 26.5 Å². The normalized spacial score (nSPS) is 14.4. The summed E-state index contributed by atoms with van der Waals surface area (Å²) in [5, 5.41) is 11.9. The number of rotatable bonds is 7. The molecule has 2 atom stereocenters. The first-order chi connectivity index (χ1) is 8.49. The summed E-state index contributed by atoms with van der Waals surface area (Å²) in [6.45, 7) is 5.35. The lowest BCUT2D eigenvalue weighted by Crippen LogP contribution is -2.44. The van der Waals surface area contributed by atoms with Gasteiger partial charge in [-0.3, -0.25) is 4.79 Å². The maximum atomic E-state index is 10.7. The van der Waals surface area contributed by atoms with Gasteiger partial charge in [0.05, 0.1) is 0 Å². The number of hydrogen-bond acceptors (Lipinski definition) is 3. The number of carboxylic acids is 1. The van der Waals surface area contributed by atoms with Gasteiger partial charge in [-0.15, -0.1) is 0 Å². The van der Waals surface area contributed by atoms with Gasteiger partial charge >= 0.3 is 5.97 Å². The number of likely N-dealkylation sites (N-methyl/N-ethyl adjacent to an activating group) is 1. The summed E-state index contributed by atoms with van der Waals surface area (Å²) in [7, 11) is 2.04. The van der Waals surface area contributed by atoms with Gasteiger partial charge in [-0.1, -0.05) is 30.3 Å². The van der Waals surface area contributed by atoms with Crippen molar-refractivity contribution in [1.82, 2.24) is 10.2 Å². The van der Waals surface area contributed by atoms with E-state index in [1.165, 1.54) is 5.56 Å². The maximum Gasteiger partial charge on any atom is 0.320 e. The Labute approximate surface area is 109 Å². The number of nitrogens with one attached hydrogen (secondary N) is 1. The average Bonchev–Trinajstić information content (AvgIpc) is 2.29. The Balaban J connectivity index is 2.36. The molecule has 2 N–H and O–H groups in total. The fourth-order valence-electron chi connectivity index (χ4n) is 1.98. The lowest BCUT2D eigenvalue weighted by Gasteiger charge is -2.23. The van der Waals surface area contributed by atoms with Gasteiger partial charge < -0.3 is 15.3 Å². The predicted octanol–water partition coefficient (Wildman–Crippen LogP) is 1.57. The minimum absolute atomic E-state index is 0.143. The van der Waals surface area contributed by atoms with Gasteiger partial charge in [0.1, 0.15) is 6.04 Å². The van der Waals surface area contributed by atoms with Gasteiger partial charge in [0.25, 0.3) is 0 Å². The Morgan fingerprint density at radius 2 is 1.94 bits per heavy atom. The van der Waals surface area contributed by atoms with Gasteiger partial charge in [0.2, 0.25) is 0 Å². The standard InChI is InChI=1S/C14H22N2O2/c1-11(15-12(2)14(17)18)9-16(3)10-13-7-5-4-6-8-13/h4-8,11-12,15H,9-10H2,1-3H3,(H,17,18)/t11-,12?/m0/s1. The third-order valence-electron chi connectivity index (χ3n) is 2.79. The second kappa shape index (κ2) is 7.13. The van der Waals surface area contributed by atoms with Crippen LogP contribution in [0.1, 0.15) is 19.4 Å². The minimum Gasteiger partial charge on any atom is -0.480 e. The van der Waals surface area contributed by atoms with Crippen molar-refractivity contribution in [2.45, 2.75) is 32.5 Å². The molecule has 0 saturated heterocycles. The molecule has 0 aliphatic heterocycles. The van der Waals surface area contributed by atoms with E-state index in [0.29, 0.717) is 0 Å². The van der Waals surface area contributed by atoms with Crippen LogP contribution in [0.25, 0.3) is 0 Å². The van der Waals surface area contributed by atoms with Crippen molar-refractivity contribution in [1.29, 1.82) is 0 Å². The van der Waals surface area contributed by atoms with Crippen LogP contribution in [-0.4, -0.2) is 41.7 Å². The number of carbonyl (C=O) groups is 1. The van der Waals surface area contributed by atoms with E-state index in [-0.39, 0.29) is 6.04 Å². The van der Waals surface area contributed by atoms with Crippen LogP contribution in [-0.2, 0) is 11.3 Å². The first-order valence-electron chi connectivity index (χ1n) is 6.20. The van der Waals surface area contributed by atoms with Gasteiger partial charge in [0, 0.05) is 19.1 Å². The number of carboxylic acid groups (broad SMARTS) is 1. The van der Waals surface area contributed by atoms with Crippen LogP contribution < -0.4 is 5.32 Å². The van der Waals surface area contributed by atoms with E-state index in [4.69, 9.17) is 5.11 Å². The van der Waals surface area contributed by atoms with Crippen molar-refractivity contribution in [3.05, 3.63) is 35.9 Å². The summed E-state index contributed by atoms with van der Waals surface area (Å²) in [6, 6.07) is 9.87. The molecule has 0 saturated carbocycles. The molecule has 1 rings (SSSR count). The summed E-state index contributed by atoms with van der Waals surface area (Å²) in [4.78, 5) is 12.9. The molecule has 0 bridgehead atoms. The molecule has 1 aromatic rings. The molecule has 1 unspecified atom stereocenters. The van der Waals surface area contributed by atoms with Gasteiger partial charge in [-0.2, -0.15) is 0 Å². The first-order valence-corrected chi connectivity index (χ1v) is 6.20. The molecule has 0 aliphatic rings. The van der Waals surface area contributed by atoms with Crippen LogP contribution in [0.15, 0.2) is 30.3 Å². The molecule has 0 fully saturated rings. The Kier molecular flexibility index (Phi) is 5.82.